The number of alkyl halides is 3. The molecular weight excluding hydrogens is 277 g/mol. The van der Waals surface area contributed by atoms with Gasteiger partial charge < -0.3 is 9.47 Å². The highest BCUT2D eigenvalue weighted by molar-refractivity contribution is 5.90. The van der Waals surface area contributed by atoms with Crippen LogP contribution in [-0.4, -0.2) is 28.3 Å². The van der Waals surface area contributed by atoms with E-state index in [1.54, 1.807) is 13.8 Å². The van der Waals surface area contributed by atoms with Crippen LogP contribution in [0.2, 0.25) is 0 Å². The van der Waals surface area contributed by atoms with Crippen molar-refractivity contribution in [1.29, 1.82) is 0 Å². The van der Waals surface area contributed by atoms with Gasteiger partial charge in [0.2, 0.25) is 0 Å². The van der Waals surface area contributed by atoms with Crippen LogP contribution >= 0.6 is 0 Å². The highest BCUT2D eigenvalue weighted by Crippen LogP contribution is 2.24. The van der Waals surface area contributed by atoms with Gasteiger partial charge >= 0.3 is 12.3 Å². The summed E-state index contributed by atoms with van der Waals surface area (Å²) in [7, 11) is 0. The van der Waals surface area contributed by atoms with Gasteiger partial charge in [0.1, 0.15) is 11.4 Å². The number of pyridine rings is 1. The number of ether oxygens (including phenoxy) is 2. The molecule has 0 aliphatic rings. The van der Waals surface area contributed by atoms with Crippen molar-refractivity contribution in [3.8, 4) is 5.75 Å². The largest absolute Gasteiger partial charge is 0.573 e. The summed E-state index contributed by atoms with van der Waals surface area (Å²) >= 11 is 0. The molecule has 108 valence electrons. The first-order chi connectivity index (χ1) is 9.31. The van der Waals surface area contributed by atoms with Crippen LogP contribution in [0.5, 0.6) is 5.75 Å². The van der Waals surface area contributed by atoms with Crippen molar-refractivity contribution in [3.63, 3.8) is 0 Å². The number of carbonyl (C=O) groups is 1. The maximum Gasteiger partial charge on any atom is 0.573 e. The third kappa shape index (κ3) is 2.84. The number of hydrogen-bond acceptors (Lipinski definition) is 4. The van der Waals surface area contributed by atoms with E-state index in [-0.39, 0.29) is 17.9 Å². The van der Waals surface area contributed by atoms with Gasteiger partial charge in [-0.15, -0.1) is 13.2 Å². The minimum Gasteiger partial charge on any atom is -0.461 e. The Balaban J connectivity index is 2.44. The first kappa shape index (κ1) is 14.2. The van der Waals surface area contributed by atoms with Gasteiger partial charge in [-0.1, -0.05) is 0 Å². The summed E-state index contributed by atoms with van der Waals surface area (Å²) in [6.07, 6.45) is -3.49. The predicted octanol–water partition coefficient (Wildman–Crippen LogP) is 2.72. The fraction of sp³-hybridized carbons (Fsp3) is 0.333. The van der Waals surface area contributed by atoms with Gasteiger partial charge in [0.05, 0.1) is 12.3 Å². The van der Waals surface area contributed by atoms with Crippen LogP contribution in [0.15, 0.2) is 18.3 Å². The van der Waals surface area contributed by atoms with E-state index in [1.807, 2.05) is 0 Å². The Hall–Kier alpha value is -2.25. The number of imidazole rings is 1. The summed E-state index contributed by atoms with van der Waals surface area (Å²) < 4.78 is 46.4. The Morgan fingerprint density at radius 2 is 2.15 bits per heavy atom. The number of nitrogens with zero attached hydrogens (tertiary/aromatic N) is 2. The highest BCUT2D eigenvalue weighted by atomic mass is 19.4. The molecule has 2 heterocycles. The Morgan fingerprint density at radius 1 is 1.45 bits per heavy atom. The van der Waals surface area contributed by atoms with Crippen molar-refractivity contribution in [1.82, 2.24) is 9.38 Å². The molecule has 0 amide bonds. The van der Waals surface area contributed by atoms with Gasteiger partial charge in [-0.2, -0.15) is 0 Å². The molecule has 0 saturated heterocycles. The first-order valence-corrected chi connectivity index (χ1v) is 5.73. The van der Waals surface area contributed by atoms with Gasteiger partial charge in [-0.3, -0.25) is 4.40 Å². The number of aryl methyl sites for hydroxylation is 1. The van der Waals surface area contributed by atoms with Crippen molar-refractivity contribution in [2.24, 2.45) is 0 Å². The SMILES string of the molecule is CCOC(=O)c1c(C)nc2cc(OC(F)(F)F)ccn12. The van der Waals surface area contributed by atoms with E-state index in [0.717, 1.165) is 12.1 Å². The van der Waals surface area contributed by atoms with Gasteiger partial charge in [-0.25, -0.2) is 9.78 Å². The standard InChI is InChI=1S/C12H11F3N2O3/c1-3-19-11(18)10-7(2)16-9-6-8(4-5-17(9)10)20-12(13,14)15/h4-6H,3H2,1-2H3. The fourth-order valence-corrected chi connectivity index (χ4v) is 1.79. The molecule has 0 N–H and O–H groups in total. The minimum atomic E-state index is -4.77. The lowest BCUT2D eigenvalue weighted by atomic mass is 10.3. The topological polar surface area (TPSA) is 52.8 Å². The van der Waals surface area contributed by atoms with E-state index in [0.29, 0.717) is 5.69 Å². The molecule has 8 heteroatoms. The summed E-state index contributed by atoms with van der Waals surface area (Å²) in [5, 5.41) is 0. The lowest BCUT2D eigenvalue weighted by molar-refractivity contribution is -0.274. The van der Waals surface area contributed by atoms with E-state index in [1.165, 1.54) is 10.6 Å². The van der Waals surface area contributed by atoms with Crippen molar-refractivity contribution in [2.45, 2.75) is 20.2 Å². The van der Waals surface area contributed by atoms with E-state index in [2.05, 4.69) is 9.72 Å². The number of esters is 1. The zero-order chi connectivity index (χ0) is 14.9. The molecule has 0 saturated carbocycles. The van der Waals surface area contributed by atoms with Crippen LogP contribution in [0.3, 0.4) is 0 Å². The Bertz CT molecular complexity index is 649. The maximum atomic E-state index is 12.1. The molecule has 0 radical (unpaired) electrons. The maximum absolute atomic E-state index is 12.1. The van der Waals surface area contributed by atoms with Crippen LogP contribution < -0.4 is 4.74 Å². The van der Waals surface area contributed by atoms with Crippen molar-refractivity contribution in [3.05, 3.63) is 29.7 Å². The molecule has 0 fully saturated rings. The Kier molecular flexibility index (Phi) is 3.56. The normalized spacial score (nSPS) is 11.7. The molecule has 0 aliphatic carbocycles. The second-order valence-corrected chi connectivity index (χ2v) is 3.90. The van der Waals surface area contributed by atoms with E-state index >= 15 is 0 Å². The average molecular weight is 288 g/mol. The molecule has 20 heavy (non-hydrogen) atoms. The molecule has 0 bridgehead atoms. The number of aromatic nitrogens is 2. The zero-order valence-electron chi connectivity index (χ0n) is 10.7. The predicted molar refractivity (Wildman–Crippen MR) is 62.6 cm³/mol. The van der Waals surface area contributed by atoms with Gasteiger partial charge in [-0.05, 0) is 19.9 Å². The molecule has 5 nitrogen and oxygen atoms in total. The van der Waals surface area contributed by atoms with Crippen LogP contribution in [0, 0.1) is 6.92 Å². The molecule has 2 aromatic heterocycles. The zero-order valence-corrected chi connectivity index (χ0v) is 10.7. The third-order valence-electron chi connectivity index (χ3n) is 2.47. The second kappa shape index (κ2) is 5.03. The summed E-state index contributed by atoms with van der Waals surface area (Å²) in [6, 6.07) is 2.20. The lowest BCUT2D eigenvalue weighted by Crippen LogP contribution is -2.17. The Morgan fingerprint density at radius 3 is 2.75 bits per heavy atom. The van der Waals surface area contributed by atoms with Crippen molar-refractivity contribution < 1.29 is 27.4 Å². The smallest absolute Gasteiger partial charge is 0.461 e. The Labute approximate surface area is 111 Å². The van der Waals surface area contributed by atoms with Gasteiger partial charge in [0.15, 0.2) is 5.69 Å². The van der Waals surface area contributed by atoms with Crippen LogP contribution in [0.25, 0.3) is 5.65 Å². The van der Waals surface area contributed by atoms with Gasteiger partial charge in [0, 0.05) is 12.3 Å². The molecule has 0 spiro atoms. The van der Waals surface area contributed by atoms with E-state index in [9.17, 15) is 18.0 Å². The summed E-state index contributed by atoms with van der Waals surface area (Å²) in [6.45, 7) is 3.43. The fourth-order valence-electron chi connectivity index (χ4n) is 1.79. The number of carbonyl (C=O) groups excluding carboxylic acids is 1. The van der Waals surface area contributed by atoms with Gasteiger partial charge in [0.25, 0.3) is 0 Å². The number of rotatable bonds is 3. The van der Waals surface area contributed by atoms with Crippen molar-refractivity contribution >= 4 is 11.6 Å². The summed E-state index contributed by atoms with van der Waals surface area (Å²) in [5.41, 5.74) is 0.723. The van der Waals surface area contributed by atoms with Crippen LogP contribution in [-0.2, 0) is 4.74 Å². The average Bonchev–Trinajstić information content (AvgIpc) is 2.62. The van der Waals surface area contributed by atoms with Crippen molar-refractivity contribution in [2.75, 3.05) is 6.61 Å². The second-order valence-electron chi connectivity index (χ2n) is 3.90. The number of halogens is 3. The summed E-state index contributed by atoms with van der Waals surface area (Å²) in [5.74, 6) is -0.979. The highest BCUT2D eigenvalue weighted by Gasteiger charge is 2.31. The molecule has 0 aliphatic heterocycles. The van der Waals surface area contributed by atoms with Crippen LogP contribution in [0.1, 0.15) is 23.1 Å². The molecular formula is C12H11F3N2O3. The minimum absolute atomic E-state index is 0.173. The molecule has 2 aromatic rings. The number of fused-ring (bicyclic) bond motifs is 1. The van der Waals surface area contributed by atoms with E-state index < -0.39 is 18.1 Å². The lowest BCUT2D eigenvalue weighted by Gasteiger charge is -2.09. The molecule has 0 atom stereocenters. The molecule has 0 unspecified atom stereocenters. The molecule has 0 aromatic carbocycles. The monoisotopic (exact) mass is 288 g/mol. The van der Waals surface area contributed by atoms with Crippen LogP contribution in [0.4, 0.5) is 13.2 Å². The first-order valence-electron chi connectivity index (χ1n) is 5.73. The summed E-state index contributed by atoms with van der Waals surface area (Å²) in [4.78, 5) is 15.8. The third-order valence-corrected chi connectivity index (χ3v) is 2.47. The quantitative estimate of drug-likeness (QED) is 0.815. The molecule has 2 rings (SSSR count). The van der Waals surface area contributed by atoms with E-state index in [4.69, 9.17) is 4.74 Å². The number of hydrogen-bond donors (Lipinski definition) is 0.